The van der Waals surface area contributed by atoms with E-state index in [2.05, 4.69) is 31.4 Å². The van der Waals surface area contributed by atoms with E-state index in [0.29, 0.717) is 12.5 Å². The number of aliphatic imine (C=N–C) groups is 1. The second-order valence-electron chi connectivity index (χ2n) is 9.21. The highest BCUT2D eigenvalue weighted by Gasteiger charge is 2.45. The zero-order valence-corrected chi connectivity index (χ0v) is 20.7. The van der Waals surface area contributed by atoms with Gasteiger partial charge in [0.15, 0.2) is 5.96 Å². The van der Waals surface area contributed by atoms with Crippen molar-refractivity contribution >= 4 is 39.8 Å². The number of hydrogen-bond donors (Lipinski definition) is 2. The summed E-state index contributed by atoms with van der Waals surface area (Å²) >= 11 is 0. The summed E-state index contributed by atoms with van der Waals surface area (Å²) in [5, 5.41) is 6.75. The molecule has 1 saturated carbocycles. The van der Waals surface area contributed by atoms with Crippen molar-refractivity contribution in [1.82, 2.24) is 10.6 Å². The summed E-state index contributed by atoms with van der Waals surface area (Å²) in [6.45, 7) is 11.8. The van der Waals surface area contributed by atoms with E-state index < -0.39 is 9.84 Å². The van der Waals surface area contributed by atoms with Crippen molar-refractivity contribution in [2.24, 2.45) is 21.7 Å². The zero-order chi connectivity index (χ0) is 19.4. The number of guanidine groups is 1. The van der Waals surface area contributed by atoms with Crippen LogP contribution in [0.15, 0.2) is 4.99 Å². The molecule has 1 aliphatic carbocycles. The van der Waals surface area contributed by atoms with Crippen LogP contribution in [0.5, 0.6) is 0 Å². The van der Waals surface area contributed by atoms with Crippen LogP contribution in [0.25, 0.3) is 0 Å². The lowest BCUT2D eigenvalue weighted by Gasteiger charge is -2.40. The minimum absolute atomic E-state index is 0. The highest BCUT2D eigenvalue weighted by atomic mass is 127. The Morgan fingerprint density at radius 2 is 1.93 bits per heavy atom. The van der Waals surface area contributed by atoms with Crippen LogP contribution < -0.4 is 10.6 Å². The van der Waals surface area contributed by atoms with Gasteiger partial charge in [-0.25, -0.2) is 8.42 Å². The van der Waals surface area contributed by atoms with Gasteiger partial charge in [0.1, 0.15) is 9.84 Å². The van der Waals surface area contributed by atoms with Gasteiger partial charge < -0.3 is 15.4 Å². The summed E-state index contributed by atoms with van der Waals surface area (Å²) in [4.78, 5) is 4.69. The van der Waals surface area contributed by atoms with E-state index >= 15 is 0 Å². The summed E-state index contributed by atoms with van der Waals surface area (Å²) in [6, 6.07) is 0. The molecule has 160 valence electrons. The Kier molecular flexibility index (Phi) is 9.33. The fourth-order valence-electron chi connectivity index (χ4n) is 3.91. The first-order valence-electron chi connectivity index (χ1n) is 9.86. The van der Waals surface area contributed by atoms with Crippen molar-refractivity contribution in [2.45, 2.75) is 59.5 Å². The Morgan fingerprint density at radius 3 is 2.44 bits per heavy atom. The SMILES string of the molecule is CCNC(=NCC1(CS(C)(=O)=O)CC1)NCC1CCCOC1C(C)(C)C.I. The number of hydrogen-bond acceptors (Lipinski definition) is 4. The summed E-state index contributed by atoms with van der Waals surface area (Å²) in [5.74, 6) is 1.48. The first kappa shape index (κ1) is 24.9. The highest BCUT2D eigenvalue weighted by molar-refractivity contribution is 14.0. The smallest absolute Gasteiger partial charge is 0.191 e. The van der Waals surface area contributed by atoms with Gasteiger partial charge >= 0.3 is 0 Å². The molecule has 2 N–H and O–H groups in total. The molecular weight excluding hydrogens is 477 g/mol. The molecule has 0 aromatic carbocycles. The third-order valence-corrected chi connectivity index (χ3v) is 6.41. The van der Waals surface area contributed by atoms with E-state index in [0.717, 1.165) is 51.3 Å². The molecule has 8 heteroatoms. The minimum atomic E-state index is -2.96. The number of sulfone groups is 1. The lowest BCUT2D eigenvalue weighted by atomic mass is 9.78. The van der Waals surface area contributed by atoms with Crippen molar-refractivity contribution in [3.63, 3.8) is 0 Å². The fraction of sp³-hybridized carbons (Fsp3) is 0.947. The van der Waals surface area contributed by atoms with Crippen LogP contribution >= 0.6 is 24.0 Å². The van der Waals surface area contributed by atoms with Gasteiger partial charge in [-0.3, -0.25) is 4.99 Å². The summed E-state index contributed by atoms with van der Waals surface area (Å²) < 4.78 is 29.3. The number of rotatable bonds is 7. The zero-order valence-electron chi connectivity index (χ0n) is 17.5. The topological polar surface area (TPSA) is 79.8 Å². The fourth-order valence-corrected chi connectivity index (χ4v) is 5.40. The van der Waals surface area contributed by atoms with Gasteiger partial charge in [-0.15, -0.1) is 24.0 Å². The third-order valence-electron chi connectivity index (χ3n) is 5.27. The Balaban J connectivity index is 0.00000364. The summed E-state index contributed by atoms with van der Waals surface area (Å²) in [7, 11) is -2.96. The monoisotopic (exact) mass is 515 g/mol. The quantitative estimate of drug-likeness (QED) is 0.310. The molecule has 1 aliphatic heterocycles. The summed E-state index contributed by atoms with van der Waals surface area (Å²) in [5.41, 5.74) is -0.0202. The Morgan fingerprint density at radius 1 is 1.26 bits per heavy atom. The van der Waals surface area contributed by atoms with E-state index in [1.54, 1.807) is 0 Å². The van der Waals surface area contributed by atoms with Gasteiger partial charge in [0.2, 0.25) is 0 Å². The Bertz CT molecular complexity index is 598. The molecule has 2 fully saturated rings. The second kappa shape index (κ2) is 10.1. The molecule has 1 heterocycles. The maximum absolute atomic E-state index is 11.6. The molecule has 2 atom stereocenters. The molecule has 0 bridgehead atoms. The van der Waals surface area contributed by atoms with Gasteiger partial charge in [-0.05, 0) is 38.0 Å². The van der Waals surface area contributed by atoms with Crippen molar-refractivity contribution in [1.29, 1.82) is 0 Å². The molecule has 1 saturated heterocycles. The average Bonchev–Trinajstić information content (AvgIpc) is 3.27. The van der Waals surface area contributed by atoms with Crippen LogP contribution in [-0.2, 0) is 14.6 Å². The second-order valence-corrected chi connectivity index (χ2v) is 11.3. The van der Waals surface area contributed by atoms with E-state index in [4.69, 9.17) is 9.73 Å². The van der Waals surface area contributed by atoms with Gasteiger partial charge in [0.05, 0.1) is 11.9 Å². The average molecular weight is 516 g/mol. The van der Waals surface area contributed by atoms with Crippen LogP contribution in [-0.4, -0.2) is 58.7 Å². The van der Waals surface area contributed by atoms with Gasteiger partial charge in [0.25, 0.3) is 0 Å². The summed E-state index contributed by atoms with van der Waals surface area (Å²) in [6.07, 6.45) is 5.72. The van der Waals surface area contributed by atoms with E-state index in [1.807, 2.05) is 6.92 Å². The molecule has 27 heavy (non-hydrogen) atoms. The molecular formula is C19H38IN3O3S. The minimum Gasteiger partial charge on any atom is -0.377 e. The number of ether oxygens (including phenoxy) is 1. The largest absolute Gasteiger partial charge is 0.377 e. The molecule has 2 aliphatic rings. The predicted octanol–water partition coefficient (Wildman–Crippen LogP) is 2.83. The molecule has 0 spiro atoms. The van der Waals surface area contributed by atoms with Crippen molar-refractivity contribution in [3.05, 3.63) is 0 Å². The number of nitrogens with one attached hydrogen (secondary N) is 2. The Labute approximate surface area is 182 Å². The maximum atomic E-state index is 11.6. The third kappa shape index (κ3) is 8.43. The molecule has 0 amide bonds. The van der Waals surface area contributed by atoms with Gasteiger partial charge in [-0.2, -0.15) is 0 Å². The van der Waals surface area contributed by atoms with Gasteiger partial charge in [-0.1, -0.05) is 20.8 Å². The van der Waals surface area contributed by atoms with Gasteiger partial charge in [0, 0.05) is 43.8 Å². The van der Waals surface area contributed by atoms with Crippen molar-refractivity contribution < 1.29 is 13.2 Å². The van der Waals surface area contributed by atoms with E-state index in [1.165, 1.54) is 6.26 Å². The number of halogens is 1. The molecule has 0 aromatic heterocycles. The Hall–Kier alpha value is -0.0900. The van der Waals surface area contributed by atoms with E-state index in [-0.39, 0.29) is 46.7 Å². The van der Waals surface area contributed by atoms with Crippen molar-refractivity contribution in [2.75, 3.05) is 38.2 Å². The van der Waals surface area contributed by atoms with Crippen LogP contribution in [0.2, 0.25) is 0 Å². The van der Waals surface area contributed by atoms with Crippen LogP contribution in [0.3, 0.4) is 0 Å². The first-order chi connectivity index (χ1) is 12.0. The van der Waals surface area contributed by atoms with Crippen LogP contribution in [0.4, 0.5) is 0 Å². The lowest BCUT2D eigenvalue weighted by Crippen LogP contribution is -2.47. The molecule has 2 rings (SSSR count). The van der Waals surface area contributed by atoms with E-state index in [9.17, 15) is 8.42 Å². The molecule has 6 nitrogen and oxygen atoms in total. The van der Waals surface area contributed by atoms with Crippen molar-refractivity contribution in [3.8, 4) is 0 Å². The molecule has 0 radical (unpaired) electrons. The predicted molar refractivity (Wildman–Crippen MR) is 123 cm³/mol. The lowest BCUT2D eigenvalue weighted by molar-refractivity contribution is -0.0835. The maximum Gasteiger partial charge on any atom is 0.191 e. The number of nitrogens with zero attached hydrogens (tertiary/aromatic N) is 1. The van der Waals surface area contributed by atoms with Crippen LogP contribution in [0, 0.1) is 16.7 Å². The first-order valence-corrected chi connectivity index (χ1v) is 11.9. The molecule has 0 aromatic rings. The highest BCUT2D eigenvalue weighted by Crippen LogP contribution is 2.46. The standard InChI is InChI=1S/C19H37N3O3S.HI/c1-6-20-17(22-13-19(9-10-19)14-26(5,23)24)21-12-15-8-7-11-25-16(15)18(2,3)4;/h15-16H,6-14H2,1-5H3,(H2,20,21,22);1H. The molecule has 2 unspecified atom stereocenters. The normalized spacial score (nSPS) is 25.4. The van der Waals surface area contributed by atoms with Crippen LogP contribution in [0.1, 0.15) is 53.4 Å².